The van der Waals surface area contributed by atoms with Gasteiger partial charge in [0.2, 0.25) is 17.7 Å². The topological polar surface area (TPSA) is 85.8 Å². The van der Waals surface area contributed by atoms with Gasteiger partial charge in [0.15, 0.2) is 5.65 Å². The Morgan fingerprint density at radius 3 is 2.74 bits per heavy atom. The molecule has 0 spiro atoms. The summed E-state index contributed by atoms with van der Waals surface area (Å²) in [6.45, 7) is 12.7. The van der Waals surface area contributed by atoms with E-state index in [4.69, 9.17) is 14.4 Å². The number of aryl methyl sites for hydroxylation is 3. The Morgan fingerprint density at radius 2 is 1.97 bits per heavy atom. The van der Waals surface area contributed by atoms with Crippen molar-refractivity contribution in [2.75, 3.05) is 18.0 Å². The summed E-state index contributed by atoms with van der Waals surface area (Å²) < 4.78 is 7.94. The number of hydrogen-bond donors (Lipinski definition) is 0. The van der Waals surface area contributed by atoms with E-state index in [0.717, 1.165) is 73.4 Å². The second-order valence-corrected chi connectivity index (χ2v) is 10.8. The van der Waals surface area contributed by atoms with Crippen LogP contribution in [0.25, 0.3) is 11.2 Å². The summed E-state index contributed by atoms with van der Waals surface area (Å²) in [7, 11) is 2.01. The summed E-state index contributed by atoms with van der Waals surface area (Å²) in [6, 6.07) is 6.78. The molecule has 0 N–H and O–H groups in total. The van der Waals surface area contributed by atoms with Crippen molar-refractivity contribution in [2.24, 2.45) is 7.05 Å². The first-order valence-electron chi connectivity index (χ1n) is 12.6. The molecule has 4 heterocycles. The van der Waals surface area contributed by atoms with Crippen LogP contribution in [-0.2, 0) is 25.3 Å². The maximum absolute atomic E-state index is 5.91. The van der Waals surface area contributed by atoms with Gasteiger partial charge in [0.05, 0.1) is 17.9 Å². The number of nitrogens with zero attached hydrogens (tertiary/aromatic N) is 7. The standard InChI is InChI=1S/C27H35N7O/c1-7-8-22-31-32-25(35-22)18-11-12-34(15-18)26-29-21(23-24(30-26)28-16-33(23)6)14-19-13-20(27(3,4)5)10-9-17(19)2/h9-10,13,16,18H,7-8,11-12,14-15H2,1-6H3. The summed E-state index contributed by atoms with van der Waals surface area (Å²) in [5.41, 5.74) is 6.72. The van der Waals surface area contributed by atoms with E-state index in [0.29, 0.717) is 0 Å². The van der Waals surface area contributed by atoms with E-state index >= 15 is 0 Å². The molecule has 1 saturated heterocycles. The van der Waals surface area contributed by atoms with Crippen LogP contribution in [-0.4, -0.2) is 42.8 Å². The minimum absolute atomic E-state index is 0.0947. The monoisotopic (exact) mass is 473 g/mol. The number of imidazole rings is 1. The highest BCUT2D eigenvalue weighted by Crippen LogP contribution is 2.31. The fourth-order valence-electron chi connectivity index (χ4n) is 4.79. The summed E-state index contributed by atoms with van der Waals surface area (Å²) in [5, 5.41) is 8.52. The molecule has 8 heteroatoms. The molecule has 1 fully saturated rings. The zero-order valence-corrected chi connectivity index (χ0v) is 21.7. The lowest BCUT2D eigenvalue weighted by Crippen LogP contribution is -2.22. The van der Waals surface area contributed by atoms with Gasteiger partial charge in [-0.15, -0.1) is 10.2 Å². The van der Waals surface area contributed by atoms with Gasteiger partial charge in [-0.05, 0) is 41.9 Å². The SMILES string of the molecule is CCCc1nnc(C2CCN(c3nc(Cc4cc(C(C)(C)C)ccc4C)c4c(ncn4C)n3)C2)o1. The van der Waals surface area contributed by atoms with Gasteiger partial charge in [-0.3, -0.25) is 0 Å². The van der Waals surface area contributed by atoms with E-state index in [1.807, 2.05) is 17.9 Å². The third-order valence-corrected chi connectivity index (χ3v) is 6.97. The summed E-state index contributed by atoms with van der Waals surface area (Å²) in [6.07, 6.45) is 5.33. The van der Waals surface area contributed by atoms with Crippen molar-refractivity contribution in [3.63, 3.8) is 0 Å². The second-order valence-electron chi connectivity index (χ2n) is 10.8. The lowest BCUT2D eigenvalue weighted by molar-refractivity contribution is 0.422. The fourth-order valence-corrected chi connectivity index (χ4v) is 4.79. The smallest absolute Gasteiger partial charge is 0.227 e. The Kier molecular flexibility index (Phi) is 6.07. The van der Waals surface area contributed by atoms with Gasteiger partial charge in [-0.25, -0.2) is 9.97 Å². The van der Waals surface area contributed by atoms with Crippen molar-refractivity contribution in [3.8, 4) is 0 Å². The quantitative estimate of drug-likeness (QED) is 0.394. The molecule has 184 valence electrons. The molecule has 4 aromatic rings. The predicted octanol–water partition coefficient (Wildman–Crippen LogP) is 4.89. The van der Waals surface area contributed by atoms with E-state index in [1.54, 1.807) is 0 Å². The van der Waals surface area contributed by atoms with E-state index in [-0.39, 0.29) is 11.3 Å². The molecule has 3 aromatic heterocycles. The molecule has 1 atom stereocenters. The minimum Gasteiger partial charge on any atom is -0.425 e. The van der Waals surface area contributed by atoms with Gasteiger partial charge < -0.3 is 13.9 Å². The third kappa shape index (κ3) is 4.66. The Labute approximate surface area is 206 Å². The van der Waals surface area contributed by atoms with E-state index in [2.05, 4.69) is 72.9 Å². The van der Waals surface area contributed by atoms with Gasteiger partial charge in [0.1, 0.15) is 5.52 Å². The Morgan fingerprint density at radius 1 is 1.14 bits per heavy atom. The third-order valence-electron chi connectivity index (χ3n) is 6.97. The van der Waals surface area contributed by atoms with Crippen molar-refractivity contribution in [1.82, 2.24) is 29.7 Å². The predicted molar refractivity (Wildman–Crippen MR) is 137 cm³/mol. The van der Waals surface area contributed by atoms with Crippen molar-refractivity contribution in [1.29, 1.82) is 0 Å². The summed E-state index contributed by atoms with van der Waals surface area (Å²) in [4.78, 5) is 16.7. The van der Waals surface area contributed by atoms with Crippen molar-refractivity contribution < 1.29 is 4.42 Å². The number of benzene rings is 1. The largest absolute Gasteiger partial charge is 0.425 e. The molecule has 0 aliphatic carbocycles. The first-order chi connectivity index (χ1) is 16.7. The van der Waals surface area contributed by atoms with Crippen LogP contribution in [0, 0.1) is 6.92 Å². The normalized spacial score (nSPS) is 16.5. The second kappa shape index (κ2) is 9.06. The first kappa shape index (κ1) is 23.5. The van der Waals surface area contributed by atoms with Gasteiger partial charge in [0, 0.05) is 33.0 Å². The molecule has 0 bridgehead atoms. The molecule has 0 amide bonds. The maximum atomic E-state index is 5.91. The van der Waals surface area contributed by atoms with Gasteiger partial charge in [-0.2, -0.15) is 4.98 Å². The minimum atomic E-state index is 0.0947. The van der Waals surface area contributed by atoms with Crippen LogP contribution in [0.15, 0.2) is 28.9 Å². The Balaban J connectivity index is 1.46. The van der Waals surface area contributed by atoms with Crippen molar-refractivity contribution >= 4 is 17.1 Å². The highest BCUT2D eigenvalue weighted by molar-refractivity contribution is 5.75. The van der Waals surface area contributed by atoms with Crippen LogP contribution in [0.3, 0.4) is 0 Å². The van der Waals surface area contributed by atoms with Crippen LogP contribution in [0.5, 0.6) is 0 Å². The van der Waals surface area contributed by atoms with E-state index in [1.165, 1.54) is 16.7 Å². The van der Waals surface area contributed by atoms with Crippen LogP contribution in [0.1, 0.15) is 80.6 Å². The molecule has 35 heavy (non-hydrogen) atoms. The molecule has 1 unspecified atom stereocenters. The number of hydrogen-bond acceptors (Lipinski definition) is 7. The van der Waals surface area contributed by atoms with Gasteiger partial charge in [-0.1, -0.05) is 45.9 Å². The Hall–Kier alpha value is -3.29. The van der Waals surface area contributed by atoms with Crippen molar-refractivity contribution in [3.05, 3.63) is 58.7 Å². The number of rotatable bonds is 6. The average molecular weight is 474 g/mol. The molecule has 1 aliphatic heterocycles. The molecular weight excluding hydrogens is 438 g/mol. The molecule has 1 aliphatic rings. The first-order valence-corrected chi connectivity index (χ1v) is 12.6. The van der Waals surface area contributed by atoms with Crippen LogP contribution < -0.4 is 4.90 Å². The van der Waals surface area contributed by atoms with Crippen molar-refractivity contribution in [2.45, 2.75) is 71.6 Å². The van der Waals surface area contributed by atoms with Crippen LogP contribution in [0.2, 0.25) is 0 Å². The summed E-state index contributed by atoms with van der Waals surface area (Å²) in [5.74, 6) is 2.38. The Bertz CT molecular complexity index is 1350. The summed E-state index contributed by atoms with van der Waals surface area (Å²) >= 11 is 0. The highest BCUT2D eigenvalue weighted by atomic mass is 16.4. The number of aromatic nitrogens is 6. The zero-order valence-electron chi connectivity index (χ0n) is 21.7. The number of anilines is 1. The fraction of sp³-hybridized carbons (Fsp3) is 0.519. The number of fused-ring (bicyclic) bond motifs is 1. The molecular formula is C27H35N7O. The van der Waals surface area contributed by atoms with Gasteiger partial charge >= 0.3 is 0 Å². The molecule has 5 rings (SSSR count). The zero-order chi connectivity index (χ0) is 24.7. The molecule has 0 saturated carbocycles. The molecule has 1 aromatic carbocycles. The molecule has 0 radical (unpaired) electrons. The molecule has 8 nitrogen and oxygen atoms in total. The highest BCUT2D eigenvalue weighted by Gasteiger charge is 2.30. The van der Waals surface area contributed by atoms with E-state index < -0.39 is 0 Å². The van der Waals surface area contributed by atoms with Gasteiger partial charge in [0.25, 0.3) is 0 Å². The van der Waals surface area contributed by atoms with E-state index in [9.17, 15) is 0 Å². The average Bonchev–Trinajstić information content (AvgIpc) is 3.55. The van der Waals surface area contributed by atoms with Crippen LogP contribution in [0.4, 0.5) is 5.95 Å². The van der Waals surface area contributed by atoms with Crippen LogP contribution >= 0.6 is 0 Å². The lowest BCUT2D eigenvalue weighted by Gasteiger charge is -2.21. The maximum Gasteiger partial charge on any atom is 0.227 e. The lowest BCUT2D eigenvalue weighted by atomic mass is 9.84.